The second-order valence-corrected chi connectivity index (χ2v) is 5.48. The number of esters is 1. The SMILES string of the molecule is CCOC(=O)CCc1ccc(C(=O)c2ccc(C(F)(F)F)cc2)n1C. The van der Waals surface area contributed by atoms with Gasteiger partial charge in [-0.25, -0.2) is 0 Å². The molecule has 0 radical (unpaired) electrons. The fraction of sp³-hybridized carbons (Fsp3) is 0.333. The first-order valence-electron chi connectivity index (χ1n) is 7.76. The van der Waals surface area contributed by atoms with Crippen LogP contribution in [0, 0.1) is 0 Å². The van der Waals surface area contributed by atoms with E-state index in [9.17, 15) is 22.8 Å². The molecule has 134 valence electrons. The van der Waals surface area contributed by atoms with Gasteiger partial charge >= 0.3 is 12.1 Å². The topological polar surface area (TPSA) is 48.3 Å². The molecule has 0 saturated heterocycles. The molecule has 2 aromatic rings. The van der Waals surface area contributed by atoms with Gasteiger partial charge in [-0.2, -0.15) is 13.2 Å². The lowest BCUT2D eigenvalue weighted by atomic mass is 10.1. The molecule has 0 aliphatic heterocycles. The largest absolute Gasteiger partial charge is 0.466 e. The Morgan fingerprint density at radius 3 is 2.28 bits per heavy atom. The third kappa shape index (κ3) is 4.49. The van der Waals surface area contributed by atoms with Crippen LogP contribution in [0.1, 0.15) is 40.7 Å². The van der Waals surface area contributed by atoms with Crippen molar-refractivity contribution in [2.75, 3.05) is 6.61 Å². The quantitative estimate of drug-likeness (QED) is 0.587. The maximum absolute atomic E-state index is 12.6. The van der Waals surface area contributed by atoms with Gasteiger partial charge in [-0.05, 0) is 37.6 Å². The Bertz CT molecular complexity index is 761. The van der Waals surface area contributed by atoms with Gasteiger partial charge in [-0.3, -0.25) is 9.59 Å². The fourth-order valence-corrected chi connectivity index (χ4v) is 2.45. The zero-order valence-corrected chi connectivity index (χ0v) is 13.9. The van der Waals surface area contributed by atoms with E-state index in [4.69, 9.17) is 4.74 Å². The normalized spacial score (nSPS) is 11.4. The summed E-state index contributed by atoms with van der Waals surface area (Å²) in [6.45, 7) is 2.03. The molecule has 2 rings (SSSR count). The standard InChI is InChI=1S/C18H18F3NO3/c1-3-25-16(23)11-9-14-8-10-15(22(14)2)17(24)12-4-6-13(7-5-12)18(19,20)21/h4-8,10H,3,9,11H2,1-2H3. The van der Waals surface area contributed by atoms with Crippen LogP contribution in [-0.4, -0.2) is 22.9 Å². The van der Waals surface area contributed by atoms with Gasteiger partial charge in [0.25, 0.3) is 0 Å². The number of benzene rings is 1. The Balaban J connectivity index is 2.13. The lowest BCUT2D eigenvalue weighted by Gasteiger charge is -2.09. The molecule has 0 spiro atoms. The van der Waals surface area contributed by atoms with E-state index in [2.05, 4.69) is 0 Å². The molecule has 1 aromatic heterocycles. The summed E-state index contributed by atoms with van der Waals surface area (Å²) in [6.07, 6.45) is -3.83. The maximum Gasteiger partial charge on any atom is 0.416 e. The van der Waals surface area contributed by atoms with Gasteiger partial charge in [-0.1, -0.05) is 12.1 Å². The lowest BCUT2D eigenvalue weighted by Crippen LogP contribution is -2.12. The van der Waals surface area contributed by atoms with E-state index in [1.165, 1.54) is 0 Å². The minimum absolute atomic E-state index is 0.172. The summed E-state index contributed by atoms with van der Waals surface area (Å²) in [5.74, 6) is -0.696. The minimum Gasteiger partial charge on any atom is -0.466 e. The highest BCUT2D eigenvalue weighted by atomic mass is 19.4. The smallest absolute Gasteiger partial charge is 0.416 e. The van der Waals surface area contributed by atoms with Crippen molar-refractivity contribution < 1.29 is 27.5 Å². The van der Waals surface area contributed by atoms with Gasteiger partial charge in [0, 0.05) is 18.3 Å². The van der Waals surface area contributed by atoms with Crippen LogP contribution in [0.15, 0.2) is 36.4 Å². The number of aryl methyl sites for hydroxylation is 1. The summed E-state index contributed by atoms with van der Waals surface area (Å²) in [6, 6.07) is 7.42. The highest BCUT2D eigenvalue weighted by molar-refractivity contribution is 6.08. The Morgan fingerprint density at radius 2 is 1.72 bits per heavy atom. The number of aromatic nitrogens is 1. The zero-order chi connectivity index (χ0) is 18.6. The first-order chi connectivity index (χ1) is 11.7. The van der Waals surface area contributed by atoms with Gasteiger partial charge < -0.3 is 9.30 Å². The summed E-state index contributed by atoms with van der Waals surface area (Å²) in [4.78, 5) is 23.9. The molecule has 0 bridgehead atoms. The van der Waals surface area contributed by atoms with Crippen LogP contribution >= 0.6 is 0 Å². The Hall–Kier alpha value is -2.57. The molecule has 0 N–H and O–H groups in total. The number of alkyl halides is 3. The molecule has 1 aromatic carbocycles. The minimum atomic E-state index is -4.44. The summed E-state index contributed by atoms with van der Waals surface area (Å²) in [5, 5.41) is 0. The Kier molecular flexibility index (Phi) is 5.66. The molecule has 25 heavy (non-hydrogen) atoms. The van der Waals surface area contributed by atoms with E-state index >= 15 is 0 Å². The molecule has 0 fully saturated rings. The van der Waals surface area contributed by atoms with Gasteiger partial charge in [-0.15, -0.1) is 0 Å². The second-order valence-electron chi connectivity index (χ2n) is 5.48. The van der Waals surface area contributed by atoms with Gasteiger partial charge in [0.2, 0.25) is 5.78 Å². The van der Waals surface area contributed by atoms with Crippen LogP contribution in [0.25, 0.3) is 0 Å². The van der Waals surface area contributed by atoms with E-state index < -0.39 is 11.7 Å². The number of nitrogens with zero attached hydrogens (tertiary/aromatic N) is 1. The summed E-state index contributed by atoms with van der Waals surface area (Å²) in [7, 11) is 1.68. The molecule has 0 atom stereocenters. The van der Waals surface area contributed by atoms with Crippen LogP contribution in [-0.2, 0) is 29.2 Å². The molecule has 0 saturated carbocycles. The second kappa shape index (κ2) is 7.55. The molecule has 0 aliphatic rings. The predicted molar refractivity (Wildman–Crippen MR) is 85.2 cm³/mol. The van der Waals surface area contributed by atoms with E-state index in [0.29, 0.717) is 18.7 Å². The number of hydrogen-bond acceptors (Lipinski definition) is 3. The number of hydrogen-bond donors (Lipinski definition) is 0. The van der Waals surface area contributed by atoms with Gasteiger partial charge in [0.05, 0.1) is 24.3 Å². The van der Waals surface area contributed by atoms with Crippen LogP contribution in [0.2, 0.25) is 0 Å². The van der Waals surface area contributed by atoms with Crippen LogP contribution in [0.5, 0.6) is 0 Å². The number of ether oxygens (including phenoxy) is 1. The van der Waals surface area contributed by atoms with E-state index in [1.807, 2.05) is 0 Å². The highest BCUT2D eigenvalue weighted by Crippen LogP contribution is 2.29. The number of halogens is 3. The third-order valence-corrected chi connectivity index (χ3v) is 3.82. The van der Waals surface area contributed by atoms with Gasteiger partial charge in [0.15, 0.2) is 0 Å². The number of rotatable bonds is 6. The van der Waals surface area contributed by atoms with Crippen molar-refractivity contribution in [1.82, 2.24) is 4.57 Å². The molecule has 1 heterocycles. The monoisotopic (exact) mass is 353 g/mol. The number of carbonyl (C=O) groups is 2. The van der Waals surface area contributed by atoms with E-state index in [1.54, 1.807) is 30.7 Å². The van der Waals surface area contributed by atoms with Crippen molar-refractivity contribution in [3.8, 4) is 0 Å². The van der Waals surface area contributed by atoms with Crippen LogP contribution < -0.4 is 0 Å². The predicted octanol–water partition coefficient (Wildman–Crippen LogP) is 3.77. The molecular formula is C18H18F3NO3. The number of ketones is 1. The Labute approximate surface area is 143 Å². The first-order valence-corrected chi connectivity index (χ1v) is 7.76. The van der Waals surface area contributed by atoms with Crippen molar-refractivity contribution in [1.29, 1.82) is 0 Å². The van der Waals surface area contributed by atoms with Crippen molar-refractivity contribution in [3.05, 3.63) is 58.9 Å². The molecule has 0 aliphatic carbocycles. The average molecular weight is 353 g/mol. The van der Waals surface area contributed by atoms with E-state index in [0.717, 1.165) is 30.0 Å². The summed E-state index contributed by atoms with van der Waals surface area (Å²) >= 11 is 0. The zero-order valence-electron chi connectivity index (χ0n) is 13.9. The summed E-state index contributed by atoms with van der Waals surface area (Å²) < 4.78 is 44.3. The van der Waals surface area contributed by atoms with Crippen molar-refractivity contribution in [3.63, 3.8) is 0 Å². The highest BCUT2D eigenvalue weighted by Gasteiger charge is 2.30. The van der Waals surface area contributed by atoms with E-state index in [-0.39, 0.29) is 23.7 Å². The van der Waals surface area contributed by atoms with Crippen LogP contribution in [0.4, 0.5) is 13.2 Å². The fourth-order valence-electron chi connectivity index (χ4n) is 2.45. The van der Waals surface area contributed by atoms with Crippen molar-refractivity contribution in [2.24, 2.45) is 7.05 Å². The summed E-state index contributed by atoms with van der Waals surface area (Å²) in [5.41, 5.74) is 0.485. The maximum atomic E-state index is 12.6. The molecule has 4 nitrogen and oxygen atoms in total. The third-order valence-electron chi connectivity index (χ3n) is 3.82. The molecule has 0 amide bonds. The average Bonchev–Trinajstić information content (AvgIpc) is 2.92. The number of carbonyl (C=O) groups excluding carboxylic acids is 2. The van der Waals surface area contributed by atoms with Crippen LogP contribution in [0.3, 0.4) is 0 Å². The van der Waals surface area contributed by atoms with Crippen molar-refractivity contribution in [2.45, 2.75) is 25.9 Å². The molecular weight excluding hydrogens is 335 g/mol. The lowest BCUT2D eigenvalue weighted by molar-refractivity contribution is -0.143. The van der Waals surface area contributed by atoms with Gasteiger partial charge in [0.1, 0.15) is 0 Å². The first kappa shape index (κ1) is 18.8. The Morgan fingerprint density at radius 1 is 1.08 bits per heavy atom. The molecule has 0 unspecified atom stereocenters. The molecule has 7 heteroatoms. The van der Waals surface area contributed by atoms with Crippen molar-refractivity contribution >= 4 is 11.8 Å².